The molecule has 1 aliphatic heterocycles. The van der Waals surface area contributed by atoms with Crippen LogP contribution in [0.2, 0.25) is 0 Å². The van der Waals surface area contributed by atoms with Gasteiger partial charge in [-0.3, -0.25) is 4.79 Å². The second kappa shape index (κ2) is 4.29. The van der Waals surface area contributed by atoms with Gasteiger partial charge in [0.2, 0.25) is 5.91 Å². The molecular weight excluding hydrogens is 230 g/mol. The summed E-state index contributed by atoms with van der Waals surface area (Å²) < 4.78 is 0. The van der Waals surface area contributed by atoms with Gasteiger partial charge in [-0.05, 0) is 11.1 Å². The number of carboxylic acids is 1. The predicted molar refractivity (Wildman–Crippen MR) is 66.9 cm³/mol. The van der Waals surface area contributed by atoms with Gasteiger partial charge in [-0.1, -0.05) is 30.3 Å². The van der Waals surface area contributed by atoms with Crippen molar-refractivity contribution >= 4 is 11.9 Å². The highest BCUT2D eigenvalue weighted by atomic mass is 16.4. The van der Waals surface area contributed by atoms with E-state index in [-0.39, 0.29) is 12.3 Å². The molecule has 0 radical (unpaired) electrons. The van der Waals surface area contributed by atoms with Gasteiger partial charge in [0.05, 0.1) is 0 Å². The van der Waals surface area contributed by atoms with Crippen molar-refractivity contribution in [2.24, 2.45) is 0 Å². The van der Waals surface area contributed by atoms with Gasteiger partial charge in [0.25, 0.3) is 0 Å². The third-order valence-corrected chi connectivity index (χ3v) is 3.48. The van der Waals surface area contributed by atoms with Gasteiger partial charge in [0.1, 0.15) is 0 Å². The number of carbonyl (C=O) groups is 2. The van der Waals surface area contributed by atoms with Crippen molar-refractivity contribution in [3.63, 3.8) is 0 Å². The van der Waals surface area contributed by atoms with Crippen molar-refractivity contribution in [3.8, 4) is 0 Å². The van der Waals surface area contributed by atoms with Crippen LogP contribution in [-0.4, -0.2) is 27.4 Å². The van der Waals surface area contributed by atoms with E-state index in [0.29, 0.717) is 6.54 Å². The van der Waals surface area contributed by atoms with E-state index in [4.69, 9.17) is 0 Å². The van der Waals surface area contributed by atoms with Gasteiger partial charge >= 0.3 is 5.97 Å². The maximum absolute atomic E-state index is 11.7. The van der Waals surface area contributed by atoms with Crippen LogP contribution < -0.4 is 0 Å². The number of aliphatic carboxylic acids is 1. The molecule has 0 spiro atoms. The van der Waals surface area contributed by atoms with Crippen LogP contribution in [0.1, 0.15) is 18.1 Å². The number of carboxylic acid groups (broad SMARTS) is 1. The Morgan fingerprint density at radius 2 is 2.00 bits per heavy atom. The molecule has 1 N–H and O–H groups in total. The lowest BCUT2D eigenvalue weighted by molar-refractivity contribution is -0.156. The molecular formula is C14H15NO3. The lowest BCUT2D eigenvalue weighted by Gasteiger charge is -2.42. The minimum absolute atomic E-state index is 0.258. The minimum Gasteiger partial charge on any atom is -0.479 e. The number of amides is 1. The van der Waals surface area contributed by atoms with E-state index in [0.717, 1.165) is 11.1 Å². The topological polar surface area (TPSA) is 57.6 Å². The van der Waals surface area contributed by atoms with Crippen LogP contribution >= 0.6 is 0 Å². The summed E-state index contributed by atoms with van der Waals surface area (Å²) in [6, 6.07) is 7.57. The highest BCUT2D eigenvalue weighted by Gasteiger charge is 2.46. The summed E-state index contributed by atoms with van der Waals surface area (Å²) in [6.45, 7) is 5.30. The van der Waals surface area contributed by atoms with E-state index in [1.807, 2.05) is 24.3 Å². The molecule has 1 amide bonds. The lowest BCUT2D eigenvalue weighted by Crippen LogP contribution is -2.58. The van der Waals surface area contributed by atoms with E-state index in [2.05, 4.69) is 6.58 Å². The number of carbonyl (C=O) groups excluding carboxylic acids is 1. The Bertz CT molecular complexity index is 524. The van der Waals surface area contributed by atoms with E-state index in [1.54, 1.807) is 0 Å². The molecule has 4 nitrogen and oxygen atoms in total. The Hall–Kier alpha value is -2.10. The molecule has 0 fully saturated rings. The normalized spacial score (nSPS) is 22.2. The minimum atomic E-state index is -1.33. The SMILES string of the molecule is C=C[C@]1(C(=O)O)Cc2ccccc2CN1C(C)=O. The van der Waals surface area contributed by atoms with Gasteiger partial charge in [-0.15, -0.1) is 6.58 Å². The van der Waals surface area contributed by atoms with Crippen molar-refractivity contribution in [3.05, 3.63) is 48.0 Å². The third kappa shape index (κ3) is 1.70. The molecule has 0 aliphatic carbocycles. The molecule has 1 aromatic carbocycles. The van der Waals surface area contributed by atoms with Gasteiger partial charge in [0.15, 0.2) is 5.54 Å². The first kappa shape index (κ1) is 12.4. The summed E-state index contributed by atoms with van der Waals surface area (Å²) >= 11 is 0. The molecule has 0 bridgehead atoms. The van der Waals surface area contributed by atoms with Crippen LogP contribution in [0.5, 0.6) is 0 Å². The lowest BCUT2D eigenvalue weighted by atomic mass is 9.82. The third-order valence-electron chi connectivity index (χ3n) is 3.48. The molecule has 1 aliphatic rings. The Labute approximate surface area is 106 Å². The van der Waals surface area contributed by atoms with Crippen molar-refractivity contribution in [2.75, 3.05) is 0 Å². The number of hydrogen-bond acceptors (Lipinski definition) is 2. The van der Waals surface area contributed by atoms with Crippen LogP contribution in [-0.2, 0) is 22.6 Å². The summed E-state index contributed by atoms with van der Waals surface area (Å²) in [5.41, 5.74) is 0.615. The highest BCUT2D eigenvalue weighted by Crippen LogP contribution is 2.32. The maximum atomic E-state index is 11.7. The molecule has 0 unspecified atom stereocenters. The second-order valence-electron chi connectivity index (χ2n) is 4.48. The Kier molecular flexibility index (Phi) is 2.95. The molecule has 1 heterocycles. The molecule has 2 rings (SSSR count). The average molecular weight is 245 g/mol. The van der Waals surface area contributed by atoms with Crippen molar-refractivity contribution in [2.45, 2.75) is 25.4 Å². The number of rotatable bonds is 2. The standard InChI is InChI=1S/C14H15NO3/c1-3-14(13(17)18)8-11-6-4-5-7-12(11)9-15(14)10(2)16/h3-7H,1,8-9H2,2H3,(H,17,18)/t14-/m1/s1. The maximum Gasteiger partial charge on any atom is 0.334 e. The molecule has 0 saturated heterocycles. The molecule has 94 valence electrons. The van der Waals surface area contributed by atoms with Crippen LogP contribution in [0, 0.1) is 0 Å². The van der Waals surface area contributed by atoms with Gasteiger partial charge in [-0.25, -0.2) is 4.79 Å². The van der Waals surface area contributed by atoms with Gasteiger partial charge < -0.3 is 10.0 Å². The summed E-state index contributed by atoms with van der Waals surface area (Å²) in [4.78, 5) is 24.6. The number of benzene rings is 1. The Morgan fingerprint density at radius 1 is 1.39 bits per heavy atom. The number of hydrogen-bond donors (Lipinski definition) is 1. The quantitative estimate of drug-likeness (QED) is 0.805. The highest BCUT2D eigenvalue weighted by molar-refractivity contribution is 5.89. The summed E-state index contributed by atoms with van der Waals surface area (Å²) in [7, 11) is 0. The fourth-order valence-electron chi connectivity index (χ4n) is 2.43. The van der Waals surface area contributed by atoms with Crippen LogP contribution in [0.25, 0.3) is 0 Å². The second-order valence-corrected chi connectivity index (χ2v) is 4.48. The van der Waals surface area contributed by atoms with Crippen molar-refractivity contribution in [1.29, 1.82) is 0 Å². The monoisotopic (exact) mass is 245 g/mol. The molecule has 1 aromatic rings. The van der Waals surface area contributed by atoms with Crippen molar-refractivity contribution in [1.82, 2.24) is 4.90 Å². The Morgan fingerprint density at radius 3 is 2.50 bits per heavy atom. The zero-order valence-electron chi connectivity index (χ0n) is 10.2. The van der Waals surface area contributed by atoms with E-state index < -0.39 is 11.5 Å². The van der Waals surface area contributed by atoms with E-state index >= 15 is 0 Å². The number of fused-ring (bicyclic) bond motifs is 1. The first-order valence-corrected chi connectivity index (χ1v) is 5.73. The predicted octanol–water partition coefficient (Wildman–Crippen LogP) is 1.60. The zero-order valence-corrected chi connectivity index (χ0v) is 10.2. The molecule has 0 aromatic heterocycles. The molecule has 18 heavy (non-hydrogen) atoms. The fourth-order valence-corrected chi connectivity index (χ4v) is 2.43. The van der Waals surface area contributed by atoms with E-state index in [1.165, 1.54) is 17.9 Å². The molecule has 0 saturated carbocycles. The average Bonchev–Trinajstić information content (AvgIpc) is 2.36. The smallest absolute Gasteiger partial charge is 0.334 e. The zero-order chi connectivity index (χ0) is 13.3. The summed E-state index contributed by atoms with van der Waals surface area (Å²) in [5.74, 6) is -1.30. The van der Waals surface area contributed by atoms with Crippen LogP contribution in [0.15, 0.2) is 36.9 Å². The summed E-state index contributed by atoms with van der Waals surface area (Å²) in [6.07, 6.45) is 1.62. The molecule has 4 heteroatoms. The summed E-state index contributed by atoms with van der Waals surface area (Å²) in [5, 5.41) is 9.47. The largest absolute Gasteiger partial charge is 0.479 e. The molecule has 1 atom stereocenters. The van der Waals surface area contributed by atoms with Gasteiger partial charge in [-0.2, -0.15) is 0 Å². The van der Waals surface area contributed by atoms with Crippen LogP contribution in [0.4, 0.5) is 0 Å². The van der Waals surface area contributed by atoms with Gasteiger partial charge in [0, 0.05) is 19.9 Å². The first-order chi connectivity index (χ1) is 8.51. The Balaban J connectivity index is 2.56. The fraction of sp³-hybridized carbons (Fsp3) is 0.286. The van der Waals surface area contributed by atoms with Crippen molar-refractivity contribution < 1.29 is 14.7 Å². The number of nitrogens with zero attached hydrogens (tertiary/aromatic N) is 1. The van der Waals surface area contributed by atoms with Crippen LogP contribution in [0.3, 0.4) is 0 Å². The van der Waals surface area contributed by atoms with E-state index in [9.17, 15) is 14.7 Å². The first-order valence-electron chi connectivity index (χ1n) is 5.73.